The summed E-state index contributed by atoms with van der Waals surface area (Å²) in [5.41, 5.74) is 2.39. The fourth-order valence-corrected chi connectivity index (χ4v) is 3.17. The highest BCUT2D eigenvalue weighted by Crippen LogP contribution is 2.22. The molecule has 1 aliphatic heterocycles. The van der Waals surface area contributed by atoms with Crippen molar-refractivity contribution in [2.75, 3.05) is 18.0 Å². The van der Waals surface area contributed by atoms with Crippen molar-refractivity contribution in [1.82, 2.24) is 29.9 Å². The Kier molecular flexibility index (Phi) is 4.44. The molecule has 0 radical (unpaired) electrons. The lowest BCUT2D eigenvalue weighted by Gasteiger charge is -2.15. The molecule has 0 saturated carbocycles. The van der Waals surface area contributed by atoms with Crippen molar-refractivity contribution in [3.8, 4) is 11.4 Å². The van der Waals surface area contributed by atoms with Crippen LogP contribution < -0.4 is 4.90 Å². The predicted octanol–water partition coefficient (Wildman–Crippen LogP) is 3.10. The standard InChI is InChI=1S/C17H18BrN7/c1-12(14-5-4-13(18)8-20-14)25-11-16(22-23-25)15-9-19-10-17(21-15)24-6-2-3-7-24/h4-5,8-12H,2-3,6-7H2,1H3. The van der Waals surface area contributed by atoms with Crippen molar-refractivity contribution in [2.24, 2.45) is 0 Å². The maximum Gasteiger partial charge on any atom is 0.147 e. The molecule has 8 heteroatoms. The lowest BCUT2D eigenvalue weighted by atomic mass is 10.2. The maximum absolute atomic E-state index is 4.71. The second kappa shape index (κ2) is 6.87. The molecule has 0 spiro atoms. The Balaban J connectivity index is 1.58. The van der Waals surface area contributed by atoms with Crippen LogP contribution >= 0.6 is 15.9 Å². The Morgan fingerprint density at radius 1 is 1.08 bits per heavy atom. The van der Waals surface area contributed by atoms with E-state index in [2.05, 4.69) is 41.1 Å². The number of hydrogen-bond acceptors (Lipinski definition) is 6. The Hall–Kier alpha value is -2.35. The molecular weight excluding hydrogens is 382 g/mol. The summed E-state index contributed by atoms with van der Waals surface area (Å²) in [5.74, 6) is 0.909. The minimum Gasteiger partial charge on any atom is -0.355 e. The van der Waals surface area contributed by atoms with Crippen LogP contribution in [0.5, 0.6) is 0 Å². The molecule has 128 valence electrons. The first kappa shape index (κ1) is 16.1. The van der Waals surface area contributed by atoms with Crippen molar-refractivity contribution in [2.45, 2.75) is 25.8 Å². The maximum atomic E-state index is 4.71. The van der Waals surface area contributed by atoms with E-state index in [1.165, 1.54) is 12.8 Å². The summed E-state index contributed by atoms with van der Waals surface area (Å²) in [4.78, 5) is 15.7. The second-order valence-corrected chi connectivity index (χ2v) is 7.03. The van der Waals surface area contributed by atoms with Gasteiger partial charge in [-0.2, -0.15) is 0 Å². The Morgan fingerprint density at radius 3 is 2.68 bits per heavy atom. The molecule has 1 saturated heterocycles. The number of nitrogens with zero attached hydrogens (tertiary/aromatic N) is 7. The van der Waals surface area contributed by atoms with E-state index in [4.69, 9.17) is 4.98 Å². The van der Waals surface area contributed by atoms with Crippen molar-refractivity contribution in [3.05, 3.63) is 47.1 Å². The van der Waals surface area contributed by atoms with Crippen LogP contribution in [0.4, 0.5) is 5.82 Å². The van der Waals surface area contributed by atoms with Gasteiger partial charge in [-0.25, -0.2) is 9.67 Å². The highest BCUT2D eigenvalue weighted by atomic mass is 79.9. The molecule has 1 unspecified atom stereocenters. The molecule has 1 fully saturated rings. The smallest absolute Gasteiger partial charge is 0.147 e. The van der Waals surface area contributed by atoms with Gasteiger partial charge in [-0.1, -0.05) is 5.21 Å². The summed E-state index contributed by atoms with van der Waals surface area (Å²) in [7, 11) is 0. The topological polar surface area (TPSA) is 72.6 Å². The highest BCUT2D eigenvalue weighted by Gasteiger charge is 2.17. The zero-order valence-corrected chi connectivity index (χ0v) is 15.5. The average Bonchev–Trinajstić information content (AvgIpc) is 3.34. The van der Waals surface area contributed by atoms with Crippen LogP contribution in [0, 0.1) is 0 Å². The lowest BCUT2D eigenvalue weighted by Crippen LogP contribution is -2.19. The summed E-state index contributed by atoms with van der Waals surface area (Å²) in [5, 5.41) is 8.53. The third kappa shape index (κ3) is 3.39. The molecule has 7 nitrogen and oxygen atoms in total. The fraction of sp³-hybridized carbons (Fsp3) is 0.353. The first-order valence-corrected chi connectivity index (χ1v) is 9.10. The highest BCUT2D eigenvalue weighted by molar-refractivity contribution is 9.10. The number of pyridine rings is 1. The van der Waals surface area contributed by atoms with Gasteiger partial charge in [0.25, 0.3) is 0 Å². The van der Waals surface area contributed by atoms with E-state index in [0.29, 0.717) is 0 Å². The molecule has 0 bridgehead atoms. The van der Waals surface area contributed by atoms with E-state index < -0.39 is 0 Å². The lowest BCUT2D eigenvalue weighted by molar-refractivity contribution is 0.531. The van der Waals surface area contributed by atoms with E-state index in [0.717, 1.165) is 40.5 Å². The van der Waals surface area contributed by atoms with E-state index in [-0.39, 0.29) is 6.04 Å². The van der Waals surface area contributed by atoms with Gasteiger partial charge in [-0.05, 0) is 47.8 Å². The van der Waals surface area contributed by atoms with Crippen LogP contribution in [0.25, 0.3) is 11.4 Å². The Morgan fingerprint density at radius 2 is 1.92 bits per heavy atom. The van der Waals surface area contributed by atoms with Gasteiger partial charge in [-0.15, -0.1) is 5.10 Å². The molecule has 0 N–H and O–H groups in total. The molecule has 1 aliphatic rings. The minimum atomic E-state index is -0.0101. The Labute approximate surface area is 154 Å². The third-order valence-corrected chi connectivity index (χ3v) is 4.87. The largest absolute Gasteiger partial charge is 0.355 e. The van der Waals surface area contributed by atoms with E-state index in [1.807, 2.05) is 31.5 Å². The molecule has 25 heavy (non-hydrogen) atoms. The van der Waals surface area contributed by atoms with Gasteiger partial charge in [0, 0.05) is 23.8 Å². The average molecular weight is 400 g/mol. The molecule has 4 heterocycles. The van der Waals surface area contributed by atoms with Crippen molar-refractivity contribution in [1.29, 1.82) is 0 Å². The van der Waals surface area contributed by atoms with Crippen LogP contribution in [-0.2, 0) is 0 Å². The van der Waals surface area contributed by atoms with Gasteiger partial charge in [0.05, 0.1) is 30.3 Å². The monoisotopic (exact) mass is 399 g/mol. The zero-order chi connectivity index (χ0) is 17.2. The van der Waals surface area contributed by atoms with Crippen LogP contribution in [0.15, 0.2) is 41.4 Å². The number of halogens is 1. The molecule has 3 aromatic rings. The van der Waals surface area contributed by atoms with Crippen molar-refractivity contribution >= 4 is 21.7 Å². The first-order chi connectivity index (χ1) is 12.2. The first-order valence-electron chi connectivity index (χ1n) is 8.31. The number of hydrogen-bond donors (Lipinski definition) is 0. The molecule has 0 aromatic carbocycles. The number of anilines is 1. The van der Waals surface area contributed by atoms with Gasteiger partial charge in [0.1, 0.15) is 17.2 Å². The van der Waals surface area contributed by atoms with Crippen molar-refractivity contribution in [3.63, 3.8) is 0 Å². The van der Waals surface area contributed by atoms with Gasteiger partial charge in [0.2, 0.25) is 0 Å². The van der Waals surface area contributed by atoms with E-state index >= 15 is 0 Å². The quantitative estimate of drug-likeness (QED) is 0.670. The number of rotatable bonds is 4. The van der Waals surface area contributed by atoms with E-state index in [1.54, 1.807) is 17.1 Å². The molecule has 0 aliphatic carbocycles. The molecule has 1 atom stereocenters. The minimum absolute atomic E-state index is 0.0101. The third-order valence-electron chi connectivity index (χ3n) is 4.40. The summed E-state index contributed by atoms with van der Waals surface area (Å²) < 4.78 is 2.76. The normalized spacial score (nSPS) is 15.5. The Bertz CT molecular complexity index is 855. The van der Waals surface area contributed by atoms with Gasteiger partial charge in [-0.3, -0.25) is 9.97 Å². The predicted molar refractivity (Wildman–Crippen MR) is 98.2 cm³/mol. The summed E-state index contributed by atoms with van der Waals surface area (Å²) in [6, 6.07) is 3.94. The fourth-order valence-electron chi connectivity index (χ4n) is 2.93. The van der Waals surface area contributed by atoms with Crippen LogP contribution in [0.2, 0.25) is 0 Å². The van der Waals surface area contributed by atoms with Crippen LogP contribution in [-0.4, -0.2) is 43.0 Å². The summed E-state index contributed by atoms with van der Waals surface area (Å²) in [6.45, 7) is 4.12. The van der Waals surface area contributed by atoms with Crippen molar-refractivity contribution < 1.29 is 0 Å². The summed E-state index contributed by atoms with van der Waals surface area (Å²) >= 11 is 3.40. The molecule has 4 rings (SSSR count). The zero-order valence-electron chi connectivity index (χ0n) is 13.9. The number of aromatic nitrogens is 6. The molecule has 0 amide bonds. The second-order valence-electron chi connectivity index (χ2n) is 6.12. The molecular formula is C17H18BrN7. The van der Waals surface area contributed by atoms with Crippen LogP contribution in [0.1, 0.15) is 31.5 Å². The molecule has 3 aromatic heterocycles. The van der Waals surface area contributed by atoms with E-state index in [9.17, 15) is 0 Å². The SMILES string of the molecule is CC(c1ccc(Br)cn1)n1cc(-c2cncc(N3CCCC3)n2)nn1. The van der Waals surface area contributed by atoms with Crippen LogP contribution in [0.3, 0.4) is 0 Å². The van der Waals surface area contributed by atoms with Gasteiger partial charge >= 0.3 is 0 Å². The van der Waals surface area contributed by atoms with Gasteiger partial charge in [0.15, 0.2) is 0 Å². The van der Waals surface area contributed by atoms with Gasteiger partial charge < -0.3 is 4.90 Å². The summed E-state index contributed by atoms with van der Waals surface area (Å²) in [6.07, 6.45) is 9.64.